The molecule has 1 aromatic heterocycles. The van der Waals surface area contributed by atoms with Gasteiger partial charge in [0.1, 0.15) is 4.90 Å². The molecule has 0 spiro atoms. The van der Waals surface area contributed by atoms with Crippen LogP contribution < -0.4 is 15.4 Å². The lowest BCUT2D eigenvalue weighted by Gasteiger charge is -2.40. The Bertz CT molecular complexity index is 788. The van der Waals surface area contributed by atoms with E-state index in [2.05, 4.69) is 36.6 Å². The molecule has 35 heavy (non-hydrogen) atoms. The average Bonchev–Trinajstić information content (AvgIpc) is 3.31. The van der Waals surface area contributed by atoms with Gasteiger partial charge in [0.15, 0.2) is 0 Å². The minimum Gasteiger partial charge on any atom is -0.474 e. The van der Waals surface area contributed by atoms with Crippen molar-refractivity contribution in [2.45, 2.75) is 102 Å². The van der Waals surface area contributed by atoms with E-state index in [9.17, 15) is 4.79 Å². The predicted octanol–water partition coefficient (Wildman–Crippen LogP) is 6.31. The molecule has 0 bridgehead atoms. The van der Waals surface area contributed by atoms with Crippen LogP contribution in [0.1, 0.15) is 102 Å². The van der Waals surface area contributed by atoms with E-state index in [1.54, 1.807) is 11.8 Å². The van der Waals surface area contributed by atoms with Gasteiger partial charge in [-0.05, 0) is 86.4 Å². The third-order valence-corrected chi connectivity index (χ3v) is 10.1. The standard InChI is InChI=1S/C28H47N3O3S/c1-4-20-15-19(3)24(23(5-2)16-20)30-27(32)25-26(35-18-22-9-7-6-8-10-22)28(31-34-25)33-17-21-11-13-29-14-12-21/h19-24,29H,4-18H2,1-3H3,(H,30,32). The van der Waals surface area contributed by atoms with Gasteiger partial charge < -0.3 is 19.9 Å². The maximum absolute atomic E-state index is 13.5. The van der Waals surface area contributed by atoms with Crippen molar-refractivity contribution >= 4 is 17.7 Å². The summed E-state index contributed by atoms with van der Waals surface area (Å²) in [5.41, 5.74) is 0. The fourth-order valence-electron chi connectivity index (χ4n) is 6.47. The van der Waals surface area contributed by atoms with Crippen LogP contribution in [-0.4, -0.2) is 42.6 Å². The van der Waals surface area contributed by atoms with Crippen LogP contribution in [0.4, 0.5) is 0 Å². The van der Waals surface area contributed by atoms with Crippen molar-refractivity contribution in [1.29, 1.82) is 0 Å². The first-order valence-corrected chi connectivity index (χ1v) is 15.3. The highest BCUT2D eigenvalue weighted by atomic mass is 32.2. The SMILES string of the molecule is CCC1CC(C)C(NC(=O)c2onc(OCC3CCNCC3)c2SCC2CCCCC2)C(CC)C1. The molecule has 1 amide bonds. The van der Waals surface area contributed by atoms with Crippen LogP contribution in [0.2, 0.25) is 0 Å². The third kappa shape index (κ3) is 7.18. The van der Waals surface area contributed by atoms with Gasteiger partial charge in [-0.2, -0.15) is 0 Å². The lowest BCUT2D eigenvalue weighted by molar-refractivity contribution is 0.0784. The number of amides is 1. The minimum atomic E-state index is -0.120. The zero-order valence-corrected chi connectivity index (χ0v) is 23.0. The van der Waals surface area contributed by atoms with Gasteiger partial charge in [-0.15, -0.1) is 11.8 Å². The summed E-state index contributed by atoms with van der Waals surface area (Å²) >= 11 is 1.72. The van der Waals surface area contributed by atoms with Crippen LogP contribution in [0.3, 0.4) is 0 Å². The Balaban J connectivity index is 1.46. The Morgan fingerprint density at radius 2 is 1.83 bits per heavy atom. The van der Waals surface area contributed by atoms with Crippen molar-refractivity contribution in [3.05, 3.63) is 5.76 Å². The Morgan fingerprint density at radius 1 is 1.06 bits per heavy atom. The number of carbonyl (C=O) groups excluding carboxylic acids is 1. The molecule has 2 N–H and O–H groups in total. The second-order valence-electron chi connectivity index (χ2n) is 11.4. The molecule has 4 unspecified atom stereocenters. The van der Waals surface area contributed by atoms with Crippen LogP contribution in [0.5, 0.6) is 5.88 Å². The van der Waals surface area contributed by atoms with Crippen molar-refractivity contribution in [3.63, 3.8) is 0 Å². The van der Waals surface area contributed by atoms with Crippen LogP contribution in [0.15, 0.2) is 9.42 Å². The lowest BCUT2D eigenvalue weighted by atomic mass is 9.70. The number of ether oxygens (including phenoxy) is 1. The van der Waals surface area contributed by atoms with Crippen LogP contribution in [0, 0.1) is 29.6 Å². The number of nitrogens with zero attached hydrogens (tertiary/aromatic N) is 1. The normalized spacial score (nSPS) is 28.7. The molecule has 2 saturated carbocycles. The van der Waals surface area contributed by atoms with E-state index >= 15 is 0 Å². The fourth-order valence-corrected chi connectivity index (χ4v) is 7.69. The summed E-state index contributed by atoms with van der Waals surface area (Å²) in [7, 11) is 0. The molecule has 1 saturated heterocycles. The molecule has 7 heteroatoms. The Labute approximate surface area is 216 Å². The average molecular weight is 506 g/mol. The van der Waals surface area contributed by atoms with Crippen molar-refractivity contribution in [3.8, 4) is 5.88 Å². The predicted molar refractivity (Wildman–Crippen MR) is 142 cm³/mol. The summed E-state index contributed by atoms with van der Waals surface area (Å²) in [6.45, 7) is 9.56. The molecule has 0 aromatic carbocycles. The molecular formula is C28H47N3O3S. The van der Waals surface area contributed by atoms with Gasteiger partial charge in [-0.1, -0.05) is 52.9 Å². The van der Waals surface area contributed by atoms with Crippen molar-refractivity contribution < 1.29 is 14.1 Å². The zero-order chi connectivity index (χ0) is 24.6. The molecule has 6 nitrogen and oxygen atoms in total. The molecular weight excluding hydrogens is 458 g/mol. The Hall–Kier alpha value is -1.21. The largest absolute Gasteiger partial charge is 0.474 e. The zero-order valence-electron chi connectivity index (χ0n) is 22.2. The van der Waals surface area contributed by atoms with Crippen LogP contribution in [0.25, 0.3) is 0 Å². The van der Waals surface area contributed by atoms with E-state index in [1.165, 1.54) is 51.4 Å². The minimum absolute atomic E-state index is 0.120. The van der Waals surface area contributed by atoms with E-state index in [-0.39, 0.29) is 11.9 Å². The highest BCUT2D eigenvalue weighted by Gasteiger charge is 2.36. The molecule has 3 aliphatic rings. The van der Waals surface area contributed by atoms with E-state index in [1.807, 2.05) is 0 Å². The monoisotopic (exact) mass is 505 g/mol. The molecule has 2 heterocycles. The summed E-state index contributed by atoms with van der Waals surface area (Å²) in [4.78, 5) is 14.4. The maximum Gasteiger partial charge on any atom is 0.291 e. The summed E-state index contributed by atoms with van der Waals surface area (Å²) in [5, 5.41) is 11.1. The lowest BCUT2D eigenvalue weighted by Crippen LogP contribution is -2.48. The van der Waals surface area contributed by atoms with Gasteiger partial charge in [-0.25, -0.2) is 0 Å². The second-order valence-corrected chi connectivity index (χ2v) is 12.4. The summed E-state index contributed by atoms with van der Waals surface area (Å²) in [6.07, 6.45) is 13.5. The number of rotatable bonds is 10. The first kappa shape index (κ1) is 26.8. The second kappa shape index (κ2) is 13.4. The molecule has 3 fully saturated rings. The summed E-state index contributed by atoms with van der Waals surface area (Å²) in [5.74, 6) is 4.74. The number of aromatic nitrogens is 1. The van der Waals surface area contributed by atoms with Gasteiger partial charge in [0.05, 0.1) is 6.61 Å². The summed E-state index contributed by atoms with van der Waals surface area (Å²) < 4.78 is 11.9. The molecule has 4 atom stereocenters. The van der Waals surface area contributed by atoms with E-state index in [0.29, 0.717) is 41.9 Å². The van der Waals surface area contributed by atoms with Crippen molar-refractivity contribution in [2.24, 2.45) is 29.6 Å². The van der Waals surface area contributed by atoms with Gasteiger partial charge in [0.25, 0.3) is 11.8 Å². The molecule has 1 aliphatic heterocycles. The fraction of sp³-hybridized carbons (Fsp3) is 0.857. The number of carbonyl (C=O) groups is 1. The number of thioether (sulfide) groups is 1. The molecule has 1 aromatic rings. The first-order valence-electron chi connectivity index (χ1n) is 14.4. The first-order chi connectivity index (χ1) is 17.1. The van der Waals surface area contributed by atoms with Gasteiger partial charge in [-0.3, -0.25) is 4.79 Å². The highest BCUT2D eigenvalue weighted by Crippen LogP contribution is 2.39. The number of piperidine rings is 1. The molecule has 4 rings (SSSR count). The highest BCUT2D eigenvalue weighted by molar-refractivity contribution is 7.99. The van der Waals surface area contributed by atoms with Crippen molar-refractivity contribution in [1.82, 2.24) is 15.8 Å². The Kier molecular flexibility index (Phi) is 10.3. The van der Waals surface area contributed by atoms with Crippen LogP contribution >= 0.6 is 11.8 Å². The quantitative estimate of drug-likeness (QED) is 0.363. The number of hydrogen-bond acceptors (Lipinski definition) is 6. The van der Waals surface area contributed by atoms with Gasteiger partial charge in [0.2, 0.25) is 5.76 Å². The molecule has 0 radical (unpaired) electrons. The third-order valence-electron chi connectivity index (χ3n) is 8.79. The van der Waals surface area contributed by atoms with E-state index in [4.69, 9.17) is 9.26 Å². The topological polar surface area (TPSA) is 76.4 Å². The molecule has 198 valence electrons. The smallest absolute Gasteiger partial charge is 0.291 e. The maximum atomic E-state index is 13.5. The summed E-state index contributed by atoms with van der Waals surface area (Å²) in [6, 6.07) is 0.190. The molecule has 2 aliphatic carbocycles. The number of hydrogen-bond donors (Lipinski definition) is 2. The van der Waals surface area contributed by atoms with Crippen molar-refractivity contribution in [2.75, 3.05) is 25.4 Å². The van der Waals surface area contributed by atoms with E-state index in [0.717, 1.165) is 48.9 Å². The van der Waals surface area contributed by atoms with Gasteiger partial charge >= 0.3 is 0 Å². The van der Waals surface area contributed by atoms with E-state index < -0.39 is 0 Å². The van der Waals surface area contributed by atoms with Crippen LogP contribution in [-0.2, 0) is 0 Å². The Morgan fingerprint density at radius 3 is 2.54 bits per heavy atom. The number of nitrogens with one attached hydrogen (secondary N) is 2. The van der Waals surface area contributed by atoms with Gasteiger partial charge in [0, 0.05) is 11.8 Å².